The molecule has 0 radical (unpaired) electrons. The zero-order valence-corrected chi connectivity index (χ0v) is 21.0. The van der Waals surface area contributed by atoms with Crippen molar-refractivity contribution in [3.63, 3.8) is 0 Å². The predicted octanol–water partition coefficient (Wildman–Crippen LogP) is 5.84. The smallest absolute Gasteiger partial charge is 0.344 e. The van der Waals surface area contributed by atoms with Gasteiger partial charge in [0, 0.05) is 12.9 Å². The fraction of sp³-hybridized carbons (Fsp3) is 0.444. The van der Waals surface area contributed by atoms with E-state index in [1.165, 1.54) is 0 Å². The molecule has 0 saturated heterocycles. The molecule has 1 aliphatic carbocycles. The van der Waals surface area contributed by atoms with Gasteiger partial charge < -0.3 is 10.1 Å². The first-order chi connectivity index (χ1) is 15.8. The molecule has 0 unspecified atom stereocenters. The number of carbonyl (C=O) groups excluding carboxylic acids is 2. The fourth-order valence-corrected chi connectivity index (χ4v) is 9.86. The minimum absolute atomic E-state index is 0.0255. The van der Waals surface area contributed by atoms with E-state index in [9.17, 15) is 14.9 Å². The predicted molar refractivity (Wildman–Crippen MR) is 135 cm³/mol. The van der Waals surface area contributed by atoms with Crippen LogP contribution in [0.3, 0.4) is 0 Å². The van der Waals surface area contributed by atoms with Crippen LogP contribution in [0.1, 0.15) is 55.4 Å². The fourth-order valence-electron chi connectivity index (χ4n) is 5.12. The van der Waals surface area contributed by atoms with Crippen molar-refractivity contribution in [1.82, 2.24) is 0 Å². The molecule has 6 heteroatoms. The lowest BCUT2D eigenvalue weighted by Gasteiger charge is -2.48. The molecule has 5 nitrogen and oxygen atoms in total. The van der Waals surface area contributed by atoms with Crippen LogP contribution in [0.4, 0.5) is 5.69 Å². The number of hydrogen-bond donors (Lipinski definition) is 1. The molecular weight excluding hydrogens is 431 g/mol. The van der Waals surface area contributed by atoms with Crippen molar-refractivity contribution < 1.29 is 14.3 Å². The Labute approximate surface area is 197 Å². The number of benzene rings is 2. The lowest BCUT2D eigenvalue weighted by atomic mass is 9.83. The minimum Gasteiger partial charge on any atom is -0.458 e. The molecule has 1 aliphatic rings. The largest absolute Gasteiger partial charge is 0.458 e. The third-order valence-corrected chi connectivity index (χ3v) is 13.0. The molecule has 2 aromatic rings. The molecule has 33 heavy (non-hydrogen) atoms. The van der Waals surface area contributed by atoms with Gasteiger partial charge >= 0.3 is 5.97 Å². The summed E-state index contributed by atoms with van der Waals surface area (Å²) in [4.78, 5) is 26.7. The average molecular weight is 466 g/mol. The van der Waals surface area contributed by atoms with Crippen molar-refractivity contribution in [2.24, 2.45) is 0 Å². The van der Waals surface area contributed by atoms with Gasteiger partial charge in [-0.25, -0.2) is 4.79 Å². The number of nitrogens with one attached hydrogen (secondary N) is 1. The molecule has 1 fully saturated rings. The first-order valence-electron chi connectivity index (χ1n) is 11.7. The monoisotopic (exact) mass is 465 g/mol. The standard InChI is InChI=1S/C27H33N2O3P/c1-5-33(6-2,19-24(30)32-18-22-11-8-7-9-12-22)27(13-10-14-27)26(31)29-25-20(3)15-23(17-28)16-21(25)4/h7-9,11-12,15-16H,5-6,10,13-14,18-19H2,1-4H3/p+1. The Morgan fingerprint density at radius 2 is 1.70 bits per heavy atom. The van der Waals surface area contributed by atoms with Gasteiger partial charge in [0.25, 0.3) is 5.91 Å². The second-order valence-electron chi connectivity index (χ2n) is 9.02. The zero-order chi connectivity index (χ0) is 24.1. The summed E-state index contributed by atoms with van der Waals surface area (Å²) in [5.41, 5.74) is 4.10. The molecular formula is C27H34N2O3P+. The van der Waals surface area contributed by atoms with E-state index in [2.05, 4.69) is 25.2 Å². The third kappa shape index (κ3) is 4.97. The molecule has 3 rings (SSSR count). The summed E-state index contributed by atoms with van der Waals surface area (Å²) in [6.07, 6.45) is 4.64. The second kappa shape index (κ2) is 10.5. The van der Waals surface area contributed by atoms with Gasteiger partial charge in [0.05, 0.1) is 24.0 Å². The van der Waals surface area contributed by atoms with Gasteiger partial charge in [0.2, 0.25) is 0 Å². The first kappa shape index (κ1) is 24.9. The Bertz CT molecular complexity index is 1030. The van der Waals surface area contributed by atoms with Gasteiger partial charge in [-0.05, 0) is 75.8 Å². The van der Waals surface area contributed by atoms with Crippen LogP contribution in [-0.4, -0.2) is 35.5 Å². The molecule has 1 N–H and O–H groups in total. The van der Waals surface area contributed by atoms with E-state index in [1.54, 1.807) is 12.1 Å². The van der Waals surface area contributed by atoms with Gasteiger partial charge in [-0.3, -0.25) is 4.79 Å². The lowest BCUT2D eigenvalue weighted by molar-refractivity contribution is -0.141. The van der Waals surface area contributed by atoms with Crippen molar-refractivity contribution in [2.75, 3.05) is 23.8 Å². The molecule has 2 aromatic carbocycles. The van der Waals surface area contributed by atoms with Gasteiger partial charge in [-0.15, -0.1) is 0 Å². The molecule has 0 heterocycles. The highest BCUT2D eigenvalue weighted by atomic mass is 31.2. The number of aryl methyl sites for hydroxylation is 2. The lowest BCUT2D eigenvalue weighted by Crippen LogP contribution is -2.52. The zero-order valence-electron chi connectivity index (χ0n) is 20.1. The topological polar surface area (TPSA) is 79.2 Å². The van der Waals surface area contributed by atoms with Gasteiger partial charge in [0.1, 0.15) is 6.61 Å². The number of rotatable bonds is 9. The summed E-state index contributed by atoms with van der Waals surface area (Å²) in [6.45, 7) is 8.33. The van der Waals surface area contributed by atoms with Crippen molar-refractivity contribution in [2.45, 2.75) is 58.7 Å². The Morgan fingerprint density at radius 1 is 1.09 bits per heavy atom. The summed E-state index contributed by atoms with van der Waals surface area (Å²) in [5, 5.41) is 11.9. The van der Waals surface area contributed by atoms with Crippen LogP contribution in [0.5, 0.6) is 0 Å². The number of anilines is 1. The Morgan fingerprint density at radius 3 is 2.18 bits per heavy atom. The number of hydrogen-bond acceptors (Lipinski definition) is 4. The van der Waals surface area contributed by atoms with E-state index < -0.39 is 12.4 Å². The van der Waals surface area contributed by atoms with Crippen molar-refractivity contribution >= 4 is 24.8 Å². The number of amides is 1. The van der Waals surface area contributed by atoms with Crippen molar-refractivity contribution in [3.05, 3.63) is 64.7 Å². The van der Waals surface area contributed by atoms with E-state index in [-0.39, 0.29) is 18.5 Å². The number of nitrogens with zero attached hydrogens (tertiary/aromatic N) is 1. The highest BCUT2D eigenvalue weighted by molar-refractivity contribution is 7.79. The van der Waals surface area contributed by atoms with E-state index in [0.29, 0.717) is 11.7 Å². The Hall–Kier alpha value is -2.70. The normalized spacial score (nSPS) is 14.6. The molecule has 1 amide bonds. The first-order valence-corrected chi connectivity index (χ1v) is 14.0. The number of ether oxygens (including phenoxy) is 1. The maximum atomic E-state index is 13.8. The highest BCUT2D eigenvalue weighted by Crippen LogP contribution is 2.74. The minimum atomic E-state index is -1.95. The molecule has 174 valence electrons. The molecule has 0 spiro atoms. The van der Waals surface area contributed by atoms with E-state index in [1.807, 2.05) is 44.2 Å². The van der Waals surface area contributed by atoms with Crippen LogP contribution >= 0.6 is 7.26 Å². The second-order valence-corrected chi connectivity index (χ2v) is 13.7. The van der Waals surface area contributed by atoms with Gasteiger partial charge in [0.15, 0.2) is 11.3 Å². The SMILES string of the molecule is CC[P+](CC)(CC(=O)OCc1ccccc1)C1(C(=O)Nc2c(C)cc(C#N)cc2C)CCC1. The van der Waals surface area contributed by atoms with E-state index >= 15 is 0 Å². The van der Waals surface area contributed by atoms with Gasteiger partial charge in [-0.1, -0.05) is 30.3 Å². The van der Waals surface area contributed by atoms with Crippen LogP contribution in [-0.2, 0) is 20.9 Å². The van der Waals surface area contributed by atoms with Crippen LogP contribution < -0.4 is 5.32 Å². The van der Waals surface area contributed by atoms with Crippen molar-refractivity contribution in [3.8, 4) is 6.07 Å². The van der Waals surface area contributed by atoms with Crippen LogP contribution in [0, 0.1) is 25.2 Å². The molecule has 0 aliphatic heterocycles. The Balaban J connectivity index is 1.81. The molecule has 0 bridgehead atoms. The number of nitriles is 1. The summed E-state index contributed by atoms with van der Waals surface area (Å²) >= 11 is 0. The highest BCUT2D eigenvalue weighted by Gasteiger charge is 2.64. The van der Waals surface area contributed by atoms with Crippen molar-refractivity contribution in [1.29, 1.82) is 5.26 Å². The number of esters is 1. The quantitative estimate of drug-likeness (QED) is 0.373. The maximum Gasteiger partial charge on any atom is 0.344 e. The van der Waals surface area contributed by atoms with E-state index in [4.69, 9.17) is 4.74 Å². The Kier molecular flexibility index (Phi) is 7.92. The molecule has 1 saturated carbocycles. The molecule has 0 atom stereocenters. The van der Waals surface area contributed by atoms with Crippen LogP contribution in [0.15, 0.2) is 42.5 Å². The van der Waals surface area contributed by atoms with Gasteiger partial charge in [-0.2, -0.15) is 5.26 Å². The third-order valence-electron chi connectivity index (χ3n) is 7.30. The summed E-state index contributed by atoms with van der Waals surface area (Å²) in [7, 11) is -1.95. The van der Waals surface area contributed by atoms with Crippen LogP contribution in [0.2, 0.25) is 0 Å². The van der Waals surface area contributed by atoms with E-state index in [0.717, 1.165) is 54.0 Å². The summed E-state index contributed by atoms with van der Waals surface area (Å²) < 4.78 is 5.64. The van der Waals surface area contributed by atoms with Crippen LogP contribution in [0.25, 0.3) is 0 Å². The average Bonchev–Trinajstić information content (AvgIpc) is 2.79. The summed E-state index contributed by atoms with van der Waals surface area (Å²) in [6, 6.07) is 15.5. The molecule has 0 aromatic heterocycles. The number of carbonyl (C=O) groups is 2. The summed E-state index contributed by atoms with van der Waals surface area (Å²) in [5.74, 6) is -0.182. The maximum absolute atomic E-state index is 13.8.